The Hall–Kier alpha value is -3.56. The zero-order valence-corrected chi connectivity index (χ0v) is 17.6. The number of nitro groups is 1. The molecule has 3 rings (SSSR count). The zero-order chi connectivity index (χ0) is 23.3. The number of hydrogen-bond donors (Lipinski definition) is 2. The normalized spacial score (nSPS) is 17.7. The fraction of sp³-hybridized carbons (Fsp3) is 0.304. The van der Waals surface area contributed by atoms with E-state index in [1.54, 1.807) is 12.1 Å². The summed E-state index contributed by atoms with van der Waals surface area (Å²) in [5, 5.41) is 30.7. The summed E-state index contributed by atoms with van der Waals surface area (Å²) in [5.74, 6) is -2.01. The number of nitrogens with zero attached hydrogens (tertiary/aromatic N) is 2. The highest BCUT2D eigenvalue weighted by molar-refractivity contribution is 6.46. The van der Waals surface area contributed by atoms with Crippen molar-refractivity contribution in [1.29, 1.82) is 0 Å². The lowest BCUT2D eigenvalue weighted by atomic mass is 9.94. The third kappa shape index (κ3) is 4.68. The number of aliphatic hydroxyl groups is 2. The molecule has 2 aromatic carbocycles. The monoisotopic (exact) mass is 440 g/mol. The van der Waals surface area contributed by atoms with Crippen LogP contribution in [0.5, 0.6) is 0 Å². The molecule has 0 bridgehead atoms. The highest BCUT2D eigenvalue weighted by atomic mass is 16.6. The molecule has 1 saturated heterocycles. The largest absolute Gasteiger partial charge is 0.507 e. The summed E-state index contributed by atoms with van der Waals surface area (Å²) < 4.78 is 5.27. The fourth-order valence-corrected chi connectivity index (χ4v) is 3.62. The minimum Gasteiger partial charge on any atom is -0.507 e. The second-order valence-corrected chi connectivity index (χ2v) is 7.23. The van der Waals surface area contributed by atoms with Crippen LogP contribution in [0.2, 0.25) is 0 Å². The number of ether oxygens (including phenoxy) is 1. The Morgan fingerprint density at radius 1 is 1.09 bits per heavy atom. The van der Waals surface area contributed by atoms with Crippen LogP contribution in [-0.2, 0) is 20.7 Å². The van der Waals surface area contributed by atoms with E-state index in [2.05, 4.69) is 0 Å². The first-order chi connectivity index (χ1) is 15.4. The molecule has 1 aliphatic rings. The smallest absolute Gasteiger partial charge is 0.295 e. The zero-order valence-electron chi connectivity index (χ0n) is 17.6. The first-order valence-electron chi connectivity index (χ1n) is 10.2. The first kappa shape index (κ1) is 23.1. The number of aliphatic hydroxyl groups excluding tert-OH is 2. The predicted octanol–water partition coefficient (Wildman–Crippen LogP) is 2.59. The summed E-state index contributed by atoms with van der Waals surface area (Å²) in [4.78, 5) is 37.4. The maximum atomic E-state index is 12.9. The van der Waals surface area contributed by atoms with Crippen molar-refractivity contribution >= 4 is 23.1 Å². The number of aryl methyl sites for hydroxylation is 1. The number of likely N-dealkylation sites (tertiary alicyclic amines) is 1. The number of nitro benzene ring substituents is 1. The van der Waals surface area contributed by atoms with Crippen molar-refractivity contribution in [2.24, 2.45) is 0 Å². The first-order valence-corrected chi connectivity index (χ1v) is 10.2. The molecule has 1 heterocycles. The van der Waals surface area contributed by atoms with E-state index in [4.69, 9.17) is 9.84 Å². The number of non-ortho nitro benzene ring substituents is 1. The van der Waals surface area contributed by atoms with Crippen molar-refractivity contribution in [3.63, 3.8) is 0 Å². The van der Waals surface area contributed by atoms with Crippen LogP contribution >= 0.6 is 0 Å². The van der Waals surface area contributed by atoms with E-state index >= 15 is 0 Å². The van der Waals surface area contributed by atoms with Crippen LogP contribution in [0, 0.1) is 10.1 Å². The summed E-state index contributed by atoms with van der Waals surface area (Å²) >= 11 is 0. The Balaban J connectivity index is 2.05. The number of Topliss-reactive ketones (excluding diaryl/α,β-unsaturated/α-hetero) is 1. The van der Waals surface area contributed by atoms with Gasteiger partial charge in [-0.1, -0.05) is 31.2 Å². The van der Waals surface area contributed by atoms with Crippen molar-refractivity contribution in [1.82, 2.24) is 4.90 Å². The molecule has 0 aromatic heterocycles. The highest BCUT2D eigenvalue weighted by Crippen LogP contribution is 2.39. The highest BCUT2D eigenvalue weighted by Gasteiger charge is 2.45. The number of rotatable bonds is 9. The van der Waals surface area contributed by atoms with Crippen molar-refractivity contribution in [2.75, 3.05) is 26.4 Å². The van der Waals surface area contributed by atoms with Crippen LogP contribution in [0.25, 0.3) is 5.76 Å². The van der Waals surface area contributed by atoms with Crippen LogP contribution in [0.15, 0.2) is 54.1 Å². The molecule has 9 heteroatoms. The Labute approximate surface area is 184 Å². The van der Waals surface area contributed by atoms with Crippen LogP contribution in [0.1, 0.15) is 29.7 Å². The van der Waals surface area contributed by atoms with E-state index in [0.717, 1.165) is 12.0 Å². The number of ketones is 1. The molecule has 0 aliphatic carbocycles. The summed E-state index contributed by atoms with van der Waals surface area (Å²) in [6, 6.07) is 11.7. The molecule has 168 valence electrons. The maximum absolute atomic E-state index is 12.9. The molecule has 1 atom stereocenters. The summed E-state index contributed by atoms with van der Waals surface area (Å²) in [6.45, 7) is 2.13. The van der Waals surface area contributed by atoms with Gasteiger partial charge in [-0.15, -0.1) is 0 Å². The third-order valence-electron chi connectivity index (χ3n) is 5.31. The lowest BCUT2D eigenvalue weighted by Crippen LogP contribution is -2.33. The van der Waals surface area contributed by atoms with Gasteiger partial charge in [-0.3, -0.25) is 19.7 Å². The second-order valence-electron chi connectivity index (χ2n) is 7.23. The fourth-order valence-electron chi connectivity index (χ4n) is 3.62. The second kappa shape index (κ2) is 10.2. The molecule has 2 N–H and O–H groups in total. The van der Waals surface area contributed by atoms with E-state index in [-0.39, 0.29) is 43.2 Å². The number of carbonyl (C=O) groups is 2. The van der Waals surface area contributed by atoms with Crippen molar-refractivity contribution in [3.8, 4) is 0 Å². The number of amides is 1. The van der Waals surface area contributed by atoms with Crippen molar-refractivity contribution in [2.45, 2.75) is 19.4 Å². The summed E-state index contributed by atoms with van der Waals surface area (Å²) in [5.41, 5.74) is 1.67. The summed E-state index contributed by atoms with van der Waals surface area (Å²) in [6.07, 6.45) is 0.818. The van der Waals surface area contributed by atoms with Crippen molar-refractivity contribution < 1.29 is 29.5 Å². The SMILES string of the molecule is CCc1ccc([C@H]2/C(=C(\O)c3ccc([N+](=O)[O-])cc3)C(=O)C(=O)N2CCOCCO)cc1. The predicted molar refractivity (Wildman–Crippen MR) is 116 cm³/mol. The molecule has 0 saturated carbocycles. The number of hydrogen-bond acceptors (Lipinski definition) is 7. The lowest BCUT2D eigenvalue weighted by molar-refractivity contribution is -0.384. The molecular weight excluding hydrogens is 416 g/mol. The van der Waals surface area contributed by atoms with Crippen molar-refractivity contribution in [3.05, 3.63) is 80.9 Å². The van der Waals surface area contributed by atoms with Gasteiger partial charge in [0.05, 0.1) is 36.4 Å². The molecule has 1 fully saturated rings. The molecule has 1 amide bonds. The molecule has 32 heavy (non-hydrogen) atoms. The molecule has 2 aromatic rings. The average molecular weight is 440 g/mol. The molecule has 0 radical (unpaired) electrons. The molecule has 9 nitrogen and oxygen atoms in total. The lowest BCUT2D eigenvalue weighted by Gasteiger charge is -2.25. The van der Waals surface area contributed by atoms with Crippen LogP contribution < -0.4 is 0 Å². The molecule has 0 spiro atoms. The minimum absolute atomic E-state index is 0.0851. The standard InChI is InChI=1S/C23H24N2O7/c1-2-15-3-5-16(6-4-15)20-19(21(27)17-7-9-18(10-8-17)25(30)31)22(28)23(29)24(20)11-13-32-14-12-26/h3-10,20,26-27H,2,11-14H2,1H3/b21-19+/t20-/m0/s1. The Bertz CT molecular complexity index is 1030. The summed E-state index contributed by atoms with van der Waals surface area (Å²) in [7, 11) is 0. The Morgan fingerprint density at radius 3 is 2.31 bits per heavy atom. The van der Waals surface area contributed by atoms with Gasteiger partial charge in [-0.2, -0.15) is 0 Å². The van der Waals surface area contributed by atoms with E-state index < -0.39 is 28.4 Å². The topological polar surface area (TPSA) is 130 Å². The van der Waals surface area contributed by atoms with Gasteiger partial charge in [0.25, 0.3) is 17.4 Å². The van der Waals surface area contributed by atoms with Gasteiger partial charge in [0.2, 0.25) is 0 Å². The van der Waals surface area contributed by atoms with E-state index in [9.17, 15) is 24.8 Å². The average Bonchev–Trinajstić information content (AvgIpc) is 3.06. The van der Waals surface area contributed by atoms with Gasteiger partial charge in [-0.05, 0) is 29.7 Å². The van der Waals surface area contributed by atoms with Crippen LogP contribution in [0.3, 0.4) is 0 Å². The van der Waals surface area contributed by atoms with Gasteiger partial charge in [0.1, 0.15) is 5.76 Å². The van der Waals surface area contributed by atoms with Gasteiger partial charge in [0.15, 0.2) is 0 Å². The Kier molecular flexibility index (Phi) is 7.34. The maximum Gasteiger partial charge on any atom is 0.295 e. The minimum atomic E-state index is -0.840. The number of benzene rings is 2. The Morgan fingerprint density at radius 2 is 1.75 bits per heavy atom. The van der Waals surface area contributed by atoms with Gasteiger partial charge >= 0.3 is 0 Å². The molecular formula is C23H24N2O7. The van der Waals surface area contributed by atoms with Crippen LogP contribution in [0.4, 0.5) is 5.69 Å². The van der Waals surface area contributed by atoms with Gasteiger partial charge in [-0.25, -0.2) is 0 Å². The van der Waals surface area contributed by atoms with Gasteiger partial charge < -0.3 is 19.8 Å². The third-order valence-corrected chi connectivity index (χ3v) is 5.31. The molecule has 0 unspecified atom stereocenters. The number of carbonyl (C=O) groups excluding carboxylic acids is 2. The quantitative estimate of drug-likeness (QED) is 0.153. The van der Waals surface area contributed by atoms with Crippen LogP contribution in [-0.4, -0.2) is 58.1 Å². The van der Waals surface area contributed by atoms with E-state index in [0.29, 0.717) is 5.56 Å². The molecule has 1 aliphatic heterocycles. The van der Waals surface area contributed by atoms with Gasteiger partial charge in [0, 0.05) is 24.2 Å². The van der Waals surface area contributed by atoms with E-state index in [1.807, 2.05) is 19.1 Å². The van der Waals surface area contributed by atoms with E-state index in [1.165, 1.54) is 29.2 Å².